The number of benzene rings is 2. The first kappa shape index (κ1) is 14.5. The van der Waals surface area contributed by atoms with Crippen LogP contribution in [0, 0.1) is 0 Å². The predicted octanol–water partition coefficient (Wildman–Crippen LogP) is 4.05. The maximum absolute atomic E-state index is 2.59. The summed E-state index contributed by atoms with van der Waals surface area (Å²) in [6, 6.07) is 23.1. The lowest BCUT2D eigenvalue weighted by molar-refractivity contribution is -0.573. The van der Waals surface area contributed by atoms with E-state index in [1.807, 2.05) is 0 Å². The van der Waals surface area contributed by atoms with Gasteiger partial charge in [-0.2, -0.15) is 0 Å². The van der Waals surface area contributed by atoms with Crippen LogP contribution in [-0.4, -0.2) is 27.9 Å². The zero-order chi connectivity index (χ0) is 15.5. The van der Waals surface area contributed by atoms with E-state index in [0.717, 1.165) is 13.1 Å². The minimum atomic E-state index is 0.688. The van der Waals surface area contributed by atoms with E-state index in [4.69, 9.17) is 0 Å². The second kappa shape index (κ2) is 6.57. The number of nitrogens with zero attached hydrogens (tertiary/aromatic N) is 2. The highest BCUT2D eigenvalue weighted by Gasteiger charge is 2.42. The van der Waals surface area contributed by atoms with E-state index in [1.165, 1.54) is 36.8 Å². The summed E-state index contributed by atoms with van der Waals surface area (Å²) in [5, 5.41) is 0. The van der Waals surface area contributed by atoms with E-state index in [1.54, 1.807) is 0 Å². The first-order chi connectivity index (χ1) is 11.4. The lowest BCUT2D eigenvalue weighted by Crippen LogP contribution is -2.40. The molecule has 1 heterocycles. The van der Waals surface area contributed by atoms with Crippen LogP contribution in [0.1, 0.15) is 36.8 Å². The molecule has 0 amide bonds. The van der Waals surface area contributed by atoms with Gasteiger partial charge in [0.1, 0.15) is 25.2 Å². The molecule has 2 heteroatoms. The Hall–Kier alpha value is -2.09. The third kappa shape index (κ3) is 3.17. The van der Waals surface area contributed by atoms with Gasteiger partial charge in [-0.3, -0.25) is 9.48 Å². The maximum Gasteiger partial charge on any atom is 0.235 e. The predicted molar refractivity (Wildman–Crippen MR) is 94.5 cm³/mol. The summed E-state index contributed by atoms with van der Waals surface area (Å²) in [7, 11) is 0. The highest BCUT2D eigenvalue weighted by molar-refractivity contribution is 5.52. The number of fused-ring (bicyclic) bond motifs is 1. The van der Waals surface area contributed by atoms with Crippen molar-refractivity contribution < 1.29 is 4.58 Å². The summed E-state index contributed by atoms with van der Waals surface area (Å²) in [6.07, 6.45) is 7.82. The van der Waals surface area contributed by atoms with Gasteiger partial charge in [-0.15, -0.1) is 0 Å². The van der Waals surface area contributed by atoms with E-state index < -0.39 is 0 Å². The van der Waals surface area contributed by atoms with Gasteiger partial charge < -0.3 is 0 Å². The van der Waals surface area contributed by atoms with Crippen molar-refractivity contribution in [1.82, 2.24) is 4.90 Å². The van der Waals surface area contributed by atoms with E-state index >= 15 is 0 Å². The summed E-state index contributed by atoms with van der Waals surface area (Å²) in [6.45, 7) is 2.07. The van der Waals surface area contributed by atoms with Gasteiger partial charge in [-0.25, -0.2) is 0 Å². The molecule has 0 aromatic heterocycles. The molecule has 23 heavy (non-hydrogen) atoms. The minimum absolute atomic E-state index is 0.688. The number of rotatable bonds is 4. The van der Waals surface area contributed by atoms with Crippen molar-refractivity contribution in [3.05, 3.63) is 71.8 Å². The Bertz CT molecular complexity index is 663. The molecule has 4 rings (SSSR count). The number of hydrogen-bond acceptors (Lipinski definition) is 1. The van der Waals surface area contributed by atoms with Crippen molar-refractivity contribution in [2.24, 2.45) is 0 Å². The average molecular weight is 305 g/mol. The Labute approximate surface area is 139 Å². The molecule has 2 aromatic rings. The third-order valence-corrected chi connectivity index (χ3v) is 5.26. The maximum atomic E-state index is 2.59. The van der Waals surface area contributed by atoms with Gasteiger partial charge in [-0.1, -0.05) is 60.7 Å². The molecule has 2 nitrogen and oxygen atoms in total. The summed E-state index contributed by atoms with van der Waals surface area (Å²) in [5.74, 6) is 0. The topological polar surface area (TPSA) is 6.25 Å². The van der Waals surface area contributed by atoms with Crippen LogP contribution in [0.15, 0.2) is 60.7 Å². The fourth-order valence-corrected chi connectivity index (χ4v) is 4.13. The van der Waals surface area contributed by atoms with Gasteiger partial charge in [0.25, 0.3) is 0 Å². The molecule has 0 bridgehead atoms. The van der Waals surface area contributed by atoms with Crippen LogP contribution in [0.25, 0.3) is 0 Å². The SMILES string of the molecule is C1=[N+](Cc2ccccc2)[C@@H]2CCCC[C@H]2N1Cc1ccccc1. The van der Waals surface area contributed by atoms with Gasteiger partial charge in [0, 0.05) is 0 Å². The molecule has 1 aliphatic heterocycles. The molecular weight excluding hydrogens is 280 g/mol. The van der Waals surface area contributed by atoms with Crippen LogP contribution < -0.4 is 0 Å². The number of hydrogen-bond donors (Lipinski definition) is 0. The second-order valence-corrected chi connectivity index (χ2v) is 6.85. The van der Waals surface area contributed by atoms with Crippen LogP contribution in [0.4, 0.5) is 0 Å². The normalized spacial score (nSPS) is 23.5. The van der Waals surface area contributed by atoms with Crippen molar-refractivity contribution in [3.8, 4) is 0 Å². The van der Waals surface area contributed by atoms with Crippen LogP contribution in [0.5, 0.6) is 0 Å². The van der Waals surface area contributed by atoms with Crippen LogP contribution >= 0.6 is 0 Å². The summed E-state index contributed by atoms with van der Waals surface area (Å²) in [5.41, 5.74) is 2.82. The molecule has 2 atom stereocenters. The van der Waals surface area contributed by atoms with Crippen LogP contribution in [-0.2, 0) is 13.1 Å². The monoisotopic (exact) mass is 305 g/mol. The Balaban J connectivity index is 1.55. The highest BCUT2D eigenvalue weighted by Crippen LogP contribution is 2.30. The molecule has 118 valence electrons. The molecule has 0 saturated heterocycles. The lowest BCUT2D eigenvalue weighted by Gasteiger charge is -2.27. The second-order valence-electron chi connectivity index (χ2n) is 6.85. The summed E-state index contributed by atoms with van der Waals surface area (Å²) >= 11 is 0. The fourth-order valence-electron chi connectivity index (χ4n) is 4.13. The molecule has 0 spiro atoms. The zero-order valence-electron chi connectivity index (χ0n) is 13.6. The molecule has 0 radical (unpaired) electrons. The Morgan fingerprint density at radius 2 is 1.48 bits per heavy atom. The van der Waals surface area contributed by atoms with Crippen molar-refractivity contribution in [3.63, 3.8) is 0 Å². The lowest BCUT2D eigenvalue weighted by atomic mass is 9.90. The Morgan fingerprint density at radius 3 is 2.22 bits per heavy atom. The molecule has 0 unspecified atom stereocenters. The van der Waals surface area contributed by atoms with Crippen molar-refractivity contribution in [2.75, 3.05) is 0 Å². The van der Waals surface area contributed by atoms with Gasteiger partial charge in [-0.05, 0) is 36.8 Å². The quantitative estimate of drug-likeness (QED) is 0.772. The van der Waals surface area contributed by atoms with Crippen molar-refractivity contribution in [2.45, 2.75) is 50.9 Å². The molecule has 2 aromatic carbocycles. The fraction of sp³-hybridized carbons (Fsp3) is 0.381. The smallest absolute Gasteiger partial charge is 0.235 e. The molecular formula is C21H25N2+. The molecule has 0 N–H and O–H groups in total. The van der Waals surface area contributed by atoms with Gasteiger partial charge in [0.2, 0.25) is 6.34 Å². The van der Waals surface area contributed by atoms with E-state index in [9.17, 15) is 0 Å². The molecule has 2 aliphatic rings. The van der Waals surface area contributed by atoms with Gasteiger partial charge >= 0.3 is 0 Å². The molecule has 1 fully saturated rings. The largest absolute Gasteiger partial charge is 0.257 e. The average Bonchev–Trinajstić information content (AvgIpc) is 2.95. The van der Waals surface area contributed by atoms with Crippen LogP contribution in [0.2, 0.25) is 0 Å². The first-order valence-corrected chi connectivity index (χ1v) is 8.84. The Morgan fingerprint density at radius 1 is 0.826 bits per heavy atom. The van der Waals surface area contributed by atoms with Crippen molar-refractivity contribution in [1.29, 1.82) is 0 Å². The summed E-state index contributed by atoms with van der Waals surface area (Å²) < 4.78 is 2.59. The minimum Gasteiger partial charge on any atom is -0.257 e. The molecule has 1 saturated carbocycles. The van der Waals surface area contributed by atoms with E-state index in [2.05, 4.69) is 76.5 Å². The van der Waals surface area contributed by atoms with E-state index in [0.29, 0.717) is 12.1 Å². The standard InChI is InChI=1S/C21H25N2/c1-3-9-18(10-4-1)15-22-17-23(16-19-11-5-2-6-12-19)21-14-8-7-13-20(21)22/h1-6,9-12,17,20-21H,7-8,13-16H2/q+1/t20-,21-/m1/s1. The first-order valence-electron chi connectivity index (χ1n) is 8.84. The van der Waals surface area contributed by atoms with Gasteiger partial charge in [0.15, 0.2) is 0 Å². The third-order valence-electron chi connectivity index (χ3n) is 5.26. The zero-order valence-corrected chi connectivity index (χ0v) is 13.6. The van der Waals surface area contributed by atoms with Crippen LogP contribution in [0.3, 0.4) is 0 Å². The van der Waals surface area contributed by atoms with Crippen molar-refractivity contribution >= 4 is 6.34 Å². The van der Waals surface area contributed by atoms with E-state index in [-0.39, 0.29) is 0 Å². The molecule has 1 aliphatic carbocycles. The Kier molecular flexibility index (Phi) is 4.14. The highest BCUT2D eigenvalue weighted by atomic mass is 15.3. The van der Waals surface area contributed by atoms with Gasteiger partial charge in [0.05, 0.1) is 0 Å². The summed E-state index contributed by atoms with van der Waals surface area (Å²) in [4.78, 5) is 2.59.